The van der Waals surface area contributed by atoms with Crippen LogP contribution >= 0.6 is 11.3 Å². The predicted octanol–water partition coefficient (Wildman–Crippen LogP) is 13.1. The van der Waals surface area contributed by atoms with E-state index in [0.29, 0.717) is 0 Å². The van der Waals surface area contributed by atoms with Gasteiger partial charge in [-0.25, -0.2) is 9.97 Å². The molecule has 5 heterocycles. The average molecular weight is 691 g/mol. The third-order valence-corrected chi connectivity index (χ3v) is 12.6. The molecule has 0 spiro atoms. The maximum Gasteiger partial charge on any atom is 0.165 e. The average Bonchev–Trinajstić information content (AvgIpc) is 3.85. The van der Waals surface area contributed by atoms with Crippen LogP contribution in [-0.4, -0.2) is 18.9 Å². The van der Waals surface area contributed by atoms with Crippen molar-refractivity contribution in [1.82, 2.24) is 18.9 Å². The van der Waals surface area contributed by atoms with Crippen molar-refractivity contribution in [2.45, 2.75) is 0 Å². The largest absolute Gasteiger partial charge is 0.308 e. The molecule has 8 aromatic carbocycles. The lowest BCUT2D eigenvalue weighted by Crippen LogP contribution is -2.04. The number of hydrogen-bond acceptors (Lipinski definition) is 3. The molecule has 0 aliphatic rings. The molecule has 0 bridgehead atoms. The molecule has 0 amide bonds. The zero-order valence-electron chi connectivity index (χ0n) is 28.2. The number of rotatable bonds is 2. The van der Waals surface area contributed by atoms with Gasteiger partial charge in [-0.05, 0) is 41.1 Å². The fourth-order valence-electron chi connectivity index (χ4n) is 9.23. The summed E-state index contributed by atoms with van der Waals surface area (Å²) < 4.78 is 7.51. The van der Waals surface area contributed by atoms with Gasteiger partial charge in [0.05, 0.1) is 43.3 Å². The van der Waals surface area contributed by atoms with Gasteiger partial charge >= 0.3 is 0 Å². The molecular formula is C48H26N4S. The van der Waals surface area contributed by atoms with E-state index in [1.165, 1.54) is 74.6 Å². The van der Waals surface area contributed by atoms with Crippen molar-refractivity contribution in [3.63, 3.8) is 0 Å². The summed E-state index contributed by atoms with van der Waals surface area (Å²) in [5, 5.41) is 12.3. The number of hydrogen-bond donors (Lipinski definition) is 0. The summed E-state index contributed by atoms with van der Waals surface area (Å²) in [6.07, 6.45) is 0. The molecular weight excluding hydrogens is 665 g/mol. The van der Waals surface area contributed by atoms with E-state index in [4.69, 9.17) is 9.97 Å². The van der Waals surface area contributed by atoms with Crippen LogP contribution in [0, 0.1) is 0 Å². The van der Waals surface area contributed by atoms with E-state index in [1.807, 2.05) is 11.3 Å². The molecule has 13 rings (SSSR count). The van der Waals surface area contributed by atoms with Crippen LogP contribution in [0.4, 0.5) is 0 Å². The Morgan fingerprint density at radius 1 is 0.453 bits per heavy atom. The molecule has 0 fully saturated rings. The highest BCUT2D eigenvalue weighted by Crippen LogP contribution is 2.49. The fourth-order valence-corrected chi connectivity index (χ4v) is 10.5. The lowest BCUT2D eigenvalue weighted by Gasteiger charge is -2.15. The van der Waals surface area contributed by atoms with Crippen LogP contribution in [0.15, 0.2) is 158 Å². The Hall–Kier alpha value is -6.82. The molecule has 5 heteroatoms. The molecule has 0 aliphatic carbocycles. The summed E-state index contributed by atoms with van der Waals surface area (Å²) in [6, 6.07) is 57.1. The lowest BCUT2D eigenvalue weighted by molar-refractivity contribution is 1.09. The van der Waals surface area contributed by atoms with Crippen LogP contribution in [0.3, 0.4) is 0 Å². The van der Waals surface area contributed by atoms with Gasteiger partial charge in [-0.1, -0.05) is 127 Å². The van der Waals surface area contributed by atoms with Gasteiger partial charge in [-0.2, -0.15) is 0 Å². The first kappa shape index (κ1) is 27.8. The number of fused-ring (bicyclic) bond motifs is 12. The SMILES string of the molecule is c1ccc(-c2nc3c(ccc4ccccc43)nc2-n2c3cccc4c5cccc6c7ccccc7n(c7cc8c9ccccc9sc8c2c7c43)c56)cc1. The Bertz CT molecular complexity index is 3680. The first-order valence-electron chi connectivity index (χ1n) is 18.0. The van der Waals surface area contributed by atoms with Crippen molar-refractivity contribution < 1.29 is 0 Å². The van der Waals surface area contributed by atoms with Crippen molar-refractivity contribution >= 4 is 113 Å². The van der Waals surface area contributed by atoms with Crippen LogP contribution in [0.1, 0.15) is 0 Å². The molecule has 0 radical (unpaired) electrons. The summed E-state index contributed by atoms with van der Waals surface area (Å²) in [6.45, 7) is 0. The molecule has 0 saturated heterocycles. The van der Waals surface area contributed by atoms with Gasteiger partial charge < -0.3 is 4.40 Å². The summed E-state index contributed by atoms with van der Waals surface area (Å²) in [7, 11) is 0. The predicted molar refractivity (Wildman–Crippen MR) is 224 cm³/mol. The molecule has 0 unspecified atom stereocenters. The molecule has 13 aromatic rings. The normalized spacial score (nSPS) is 12.5. The number of benzene rings is 8. The molecule has 5 aromatic heterocycles. The molecule has 4 nitrogen and oxygen atoms in total. The first-order valence-corrected chi connectivity index (χ1v) is 18.8. The van der Waals surface area contributed by atoms with E-state index in [2.05, 4.69) is 167 Å². The fraction of sp³-hybridized carbons (Fsp3) is 0. The monoisotopic (exact) mass is 690 g/mol. The Morgan fingerprint density at radius 2 is 1.15 bits per heavy atom. The summed E-state index contributed by atoms with van der Waals surface area (Å²) in [5.74, 6) is 0.836. The lowest BCUT2D eigenvalue weighted by atomic mass is 10.0. The van der Waals surface area contributed by atoms with Crippen molar-refractivity contribution in [2.24, 2.45) is 0 Å². The van der Waals surface area contributed by atoms with E-state index < -0.39 is 0 Å². The topological polar surface area (TPSA) is 35.1 Å². The van der Waals surface area contributed by atoms with Gasteiger partial charge in [0.2, 0.25) is 0 Å². The zero-order chi connectivity index (χ0) is 34.4. The van der Waals surface area contributed by atoms with E-state index in [1.54, 1.807) is 0 Å². The third kappa shape index (κ3) is 3.50. The highest BCUT2D eigenvalue weighted by atomic mass is 32.1. The molecule has 0 saturated carbocycles. The van der Waals surface area contributed by atoms with Crippen LogP contribution in [-0.2, 0) is 0 Å². The highest BCUT2D eigenvalue weighted by molar-refractivity contribution is 7.26. The minimum absolute atomic E-state index is 0.836. The number of para-hydroxylation sites is 2. The van der Waals surface area contributed by atoms with Crippen molar-refractivity contribution in [3.8, 4) is 17.1 Å². The van der Waals surface area contributed by atoms with Crippen LogP contribution in [0.2, 0.25) is 0 Å². The summed E-state index contributed by atoms with van der Waals surface area (Å²) in [4.78, 5) is 11.2. The Labute approximate surface area is 305 Å². The maximum atomic E-state index is 5.63. The van der Waals surface area contributed by atoms with Crippen LogP contribution < -0.4 is 0 Å². The summed E-state index contributed by atoms with van der Waals surface area (Å²) >= 11 is 1.87. The molecule has 0 N–H and O–H groups in total. The second-order valence-corrected chi connectivity index (χ2v) is 15.2. The van der Waals surface area contributed by atoms with E-state index >= 15 is 0 Å². The summed E-state index contributed by atoms with van der Waals surface area (Å²) in [5.41, 5.74) is 9.66. The second-order valence-electron chi connectivity index (χ2n) is 14.1. The van der Waals surface area contributed by atoms with Crippen molar-refractivity contribution in [1.29, 1.82) is 0 Å². The number of thiophene rings is 1. The van der Waals surface area contributed by atoms with Gasteiger partial charge in [0.25, 0.3) is 0 Å². The van der Waals surface area contributed by atoms with Crippen molar-refractivity contribution in [2.75, 3.05) is 0 Å². The standard InChI is InChI=1S/C48H26N4S/c1-2-13-28(14-3-1)43-48(49-36-25-24-27-12-4-5-15-29(27)44(36)50-43)52-38-22-11-18-32-34-20-10-19-33-30-16-6-8-21-37(30)51(45(33)34)39-26-35-31-17-7-9-23-40(31)53-47(35)46(52)42(39)41(32)38/h1-26H. The minimum Gasteiger partial charge on any atom is -0.308 e. The number of aromatic nitrogens is 4. The van der Waals surface area contributed by atoms with Gasteiger partial charge in [-0.3, -0.25) is 4.57 Å². The molecule has 0 atom stereocenters. The Morgan fingerprint density at radius 3 is 2.06 bits per heavy atom. The van der Waals surface area contributed by atoms with Gasteiger partial charge in [0.1, 0.15) is 5.69 Å². The quantitative estimate of drug-likeness (QED) is 0.169. The zero-order valence-corrected chi connectivity index (χ0v) is 29.0. The van der Waals surface area contributed by atoms with Gasteiger partial charge in [0.15, 0.2) is 5.82 Å². The smallest absolute Gasteiger partial charge is 0.165 e. The highest BCUT2D eigenvalue weighted by Gasteiger charge is 2.27. The molecule has 244 valence electrons. The number of nitrogens with zero attached hydrogens (tertiary/aromatic N) is 4. The minimum atomic E-state index is 0.836. The first-order chi connectivity index (χ1) is 26.3. The maximum absolute atomic E-state index is 5.63. The molecule has 0 aliphatic heterocycles. The molecule has 53 heavy (non-hydrogen) atoms. The van der Waals surface area contributed by atoms with E-state index in [9.17, 15) is 0 Å². The van der Waals surface area contributed by atoms with Crippen LogP contribution in [0.25, 0.3) is 119 Å². The third-order valence-electron chi connectivity index (χ3n) is 11.4. The van der Waals surface area contributed by atoms with E-state index in [-0.39, 0.29) is 0 Å². The van der Waals surface area contributed by atoms with Crippen molar-refractivity contribution in [3.05, 3.63) is 158 Å². The van der Waals surface area contributed by atoms with E-state index in [0.717, 1.165) is 44.4 Å². The van der Waals surface area contributed by atoms with Gasteiger partial charge in [-0.15, -0.1) is 11.3 Å². The Balaban J connectivity index is 1.35. The second kappa shape index (κ2) is 9.94. The Kier molecular flexibility index (Phi) is 5.22. The van der Waals surface area contributed by atoms with Gasteiger partial charge in [0, 0.05) is 53.4 Å². The van der Waals surface area contributed by atoms with Crippen LogP contribution in [0.5, 0.6) is 0 Å².